The van der Waals surface area contributed by atoms with E-state index in [9.17, 15) is 4.79 Å². The number of rotatable bonds is 4. The minimum absolute atomic E-state index is 0.246. The third-order valence-electron chi connectivity index (χ3n) is 3.40. The Labute approximate surface area is 113 Å². The van der Waals surface area contributed by atoms with Crippen LogP contribution in [0.4, 0.5) is 0 Å². The van der Waals surface area contributed by atoms with Crippen molar-refractivity contribution in [2.24, 2.45) is 11.8 Å². The van der Waals surface area contributed by atoms with Gasteiger partial charge in [-0.15, -0.1) is 0 Å². The van der Waals surface area contributed by atoms with Crippen molar-refractivity contribution in [3.8, 4) is 6.07 Å². The average molecular weight is 258 g/mol. The van der Waals surface area contributed by atoms with Gasteiger partial charge in [0.1, 0.15) is 0 Å². The van der Waals surface area contributed by atoms with Gasteiger partial charge in [-0.1, -0.05) is 30.3 Å². The number of nitriles is 1. The SMILES string of the molecule is CCOC(=O)C1CN(Cc2ccccc2)CC1C#N. The summed E-state index contributed by atoms with van der Waals surface area (Å²) in [6.45, 7) is 4.16. The van der Waals surface area contributed by atoms with Crippen molar-refractivity contribution < 1.29 is 9.53 Å². The highest BCUT2D eigenvalue weighted by molar-refractivity contribution is 5.74. The van der Waals surface area contributed by atoms with Crippen LogP contribution in [0.15, 0.2) is 30.3 Å². The Morgan fingerprint density at radius 1 is 1.42 bits per heavy atom. The lowest BCUT2D eigenvalue weighted by molar-refractivity contribution is -0.148. The van der Waals surface area contributed by atoms with E-state index in [0.717, 1.165) is 6.54 Å². The molecule has 0 bridgehead atoms. The molecule has 0 saturated carbocycles. The number of carbonyl (C=O) groups excluding carboxylic acids is 1. The molecule has 1 aromatic rings. The van der Waals surface area contributed by atoms with Crippen LogP contribution in [0.3, 0.4) is 0 Å². The first-order valence-corrected chi connectivity index (χ1v) is 6.57. The van der Waals surface area contributed by atoms with Crippen molar-refractivity contribution in [2.75, 3.05) is 19.7 Å². The Hall–Kier alpha value is -1.86. The standard InChI is InChI=1S/C15H18N2O2/c1-2-19-15(18)14-11-17(10-13(14)8-16)9-12-6-4-3-5-7-12/h3-7,13-14H,2,9-11H2,1H3. The highest BCUT2D eigenvalue weighted by Crippen LogP contribution is 2.25. The molecule has 0 aromatic heterocycles. The molecule has 2 unspecified atom stereocenters. The van der Waals surface area contributed by atoms with E-state index in [1.54, 1.807) is 6.92 Å². The Morgan fingerprint density at radius 3 is 2.79 bits per heavy atom. The van der Waals surface area contributed by atoms with Crippen LogP contribution < -0.4 is 0 Å². The van der Waals surface area contributed by atoms with Crippen LogP contribution >= 0.6 is 0 Å². The molecule has 0 aliphatic carbocycles. The second-order valence-electron chi connectivity index (χ2n) is 4.77. The molecule has 0 amide bonds. The summed E-state index contributed by atoms with van der Waals surface area (Å²) in [6.07, 6.45) is 0. The maximum Gasteiger partial charge on any atom is 0.311 e. The summed E-state index contributed by atoms with van der Waals surface area (Å²) in [7, 11) is 0. The molecule has 1 aromatic carbocycles. The summed E-state index contributed by atoms with van der Waals surface area (Å²) in [6, 6.07) is 12.3. The number of esters is 1. The van der Waals surface area contributed by atoms with Gasteiger partial charge in [-0.25, -0.2) is 0 Å². The number of hydrogen-bond acceptors (Lipinski definition) is 4. The summed E-state index contributed by atoms with van der Waals surface area (Å²) in [5.41, 5.74) is 1.20. The predicted molar refractivity (Wildman–Crippen MR) is 70.9 cm³/mol. The van der Waals surface area contributed by atoms with Crippen LogP contribution in [0.25, 0.3) is 0 Å². The van der Waals surface area contributed by atoms with E-state index in [1.807, 2.05) is 18.2 Å². The molecule has 0 N–H and O–H groups in total. The highest BCUT2D eigenvalue weighted by Gasteiger charge is 2.38. The van der Waals surface area contributed by atoms with Crippen molar-refractivity contribution in [3.05, 3.63) is 35.9 Å². The van der Waals surface area contributed by atoms with Crippen LogP contribution in [0.2, 0.25) is 0 Å². The van der Waals surface area contributed by atoms with Crippen molar-refractivity contribution in [2.45, 2.75) is 13.5 Å². The number of benzene rings is 1. The Bertz CT molecular complexity index is 467. The molecule has 1 aliphatic rings. The van der Waals surface area contributed by atoms with Gasteiger partial charge in [0.2, 0.25) is 0 Å². The lowest BCUT2D eigenvalue weighted by atomic mass is 9.98. The summed E-state index contributed by atoms with van der Waals surface area (Å²) in [5.74, 6) is -0.818. The molecule has 100 valence electrons. The number of nitrogens with zero attached hydrogens (tertiary/aromatic N) is 2. The predicted octanol–water partition coefficient (Wildman–Crippen LogP) is 1.82. The summed E-state index contributed by atoms with van der Waals surface area (Å²) in [5, 5.41) is 9.15. The molecule has 1 aliphatic heterocycles. The summed E-state index contributed by atoms with van der Waals surface area (Å²) >= 11 is 0. The molecule has 4 nitrogen and oxygen atoms in total. The first-order valence-electron chi connectivity index (χ1n) is 6.57. The quantitative estimate of drug-likeness (QED) is 0.773. The van der Waals surface area contributed by atoms with Crippen molar-refractivity contribution in [1.82, 2.24) is 4.90 Å². The summed E-state index contributed by atoms with van der Waals surface area (Å²) < 4.78 is 5.04. The van der Waals surface area contributed by atoms with Crippen LogP contribution in [-0.2, 0) is 16.1 Å². The molecule has 0 radical (unpaired) electrons. The molecule has 1 fully saturated rings. The second kappa shape index (κ2) is 6.35. The molecule has 19 heavy (non-hydrogen) atoms. The minimum atomic E-state index is -0.311. The maximum atomic E-state index is 11.8. The van der Waals surface area contributed by atoms with Crippen molar-refractivity contribution in [1.29, 1.82) is 5.26 Å². The van der Waals surface area contributed by atoms with E-state index in [1.165, 1.54) is 5.56 Å². The molecule has 2 atom stereocenters. The van der Waals surface area contributed by atoms with Crippen molar-refractivity contribution in [3.63, 3.8) is 0 Å². The fraction of sp³-hybridized carbons (Fsp3) is 0.467. The summed E-state index contributed by atoms with van der Waals surface area (Å²) in [4.78, 5) is 14.0. The molecule has 1 saturated heterocycles. The average Bonchev–Trinajstić information content (AvgIpc) is 2.83. The van der Waals surface area contributed by atoms with E-state index in [2.05, 4.69) is 23.1 Å². The van der Waals surface area contributed by atoms with E-state index < -0.39 is 0 Å². The fourth-order valence-corrected chi connectivity index (χ4v) is 2.47. The van der Waals surface area contributed by atoms with Gasteiger partial charge in [-0.2, -0.15) is 5.26 Å². The Morgan fingerprint density at radius 2 is 2.16 bits per heavy atom. The zero-order valence-electron chi connectivity index (χ0n) is 11.1. The van der Waals surface area contributed by atoms with Crippen LogP contribution in [-0.4, -0.2) is 30.6 Å². The molecule has 1 heterocycles. The van der Waals surface area contributed by atoms with Gasteiger partial charge >= 0.3 is 5.97 Å². The van der Waals surface area contributed by atoms with Crippen molar-refractivity contribution >= 4 is 5.97 Å². The number of likely N-dealkylation sites (tertiary alicyclic amines) is 1. The lowest BCUT2D eigenvalue weighted by Gasteiger charge is -2.15. The molecular formula is C15H18N2O2. The van der Waals surface area contributed by atoms with Crippen LogP contribution in [0.1, 0.15) is 12.5 Å². The van der Waals surface area contributed by atoms with Crippen LogP contribution in [0.5, 0.6) is 0 Å². The first kappa shape index (κ1) is 13.6. The van der Waals surface area contributed by atoms with Gasteiger partial charge in [0.15, 0.2) is 0 Å². The third-order valence-corrected chi connectivity index (χ3v) is 3.40. The Balaban J connectivity index is 1.99. The zero-order valence-corrected chi connectivity index (χ0v) is 11.1. The van der Waals surface area contributed by atoms with E-state index in [-0.39, 0.29) is 17.8 Å². The van der Waals surface area contributed by atoms with Gasteiger partial charge in [-0.05, 0) is 12.5 Å². The molecule has 4 heteroatoms. The van der Waals surface area contributed by atoms with Gasteiger partial charge in [0.05, 0.1) is 24.5 Å². The number of hydrogen-bond donors (Lipinski definition) is 0. The maximum absolute atomic E-state index is 11.8. The lowest BCUT2D eigenvalue weighted by Crippen LogP contribution is -2.25. The topological polar surface area (TPSA) is 53.3 Å². The smallest absolute Gasteiger partial charge is 0.311 e. The van der Waals surface area contributed by atoms with Gasteiger partial charge in [-0.3, -0.25) is 9.69 Å². The number of carbonyl (C=O) groups is 1. The second-order valence-corrected chi connectivity index (χ2v) is 4.77. The van der Waals surface area contributed by atoms with Crippen LogP contribution in [0, 0.1) is 23.2 Å². The van der Waals surface area contributed by atoms with Gasteiger partial charge in [0.25, 0.3) is 0 Å². The molecule has 0 spiro atoms. The first-order chi connectivity index (χ1) is 9.24. The fourth-order valence-electron chi connectivity index (χ4n) is 2.47. The third kappa shape index (κ3) is 3.33. The largest absolute Gasteiger partial charge is 0.466 e. The number of ether oxygens (including phenoxy) is 1. The monoisotopic (exact) mass is 258 g/mol. The molecule has 2 rings (SSSR count). The normalized spacial score (nSPS) is 22.9. The van der Waals surface area contributed by atoms with Gasteiger partial charge in [0, 0.05) is 19.6 Å². The van der Waals surface area contributed by atoms with E-state index in [0.29, 0.717) is 19.7 Å². The highest BCUT2D eigenvalue weighted by atomic mass is 16.5. The van der Waals surface area contributed by atoms with E-state index in [4.69, 9.17) is 10.00 Å². The van der Waals surface area contributed by atoms with E-state index >= 15 is 0 Å². The zero-order chi connectivity index (χ0) is 13.7. The minimum Gasteiger partial charge on any atom is -0.466 e. The molecular weight excluding hydrogens is 240 g/mol. The van der Waals surface area contributed by atoms with Gasteiger partial charge < -0.3 is 4.74 Å². The Kier molecular flexibility index (Phi) is 4.53.